The summed E-state index contributed by atoms with van der Waals surface area (Å²) in [5.41, 5.74) is 1.47. The SMILES string of the molecule is COc1ccc(NC2=C(c3ccc(OC)c(OC)c3)C(=O)N(C)C2=O)cc1Cl. The second-order valence-electron chi connectivity index (χ2n) is 5.96. The normalized spacial score (nSPS) is 13.8. The van der Waals surface area contributed by atoms with Gasteiger partial charge in [-0.3, -0.25) is 14.5 Å². The maximum Gasteiger partial charge on any atom is 0.277 e. The van der Waals surface area contributed by atoms with Gasteiger partial charge in [-0.2, -0.15) is 0 Å². The molecule has 1 heterocycles. The first-order valence-corrected chi connectivity index (χ1v) is 8.68. The van der Waals surface area contributed by atoms with Crippen LogP contribution in [0.1, 0.15) is 5.56 Å². The first-order valence-electron chi connectivity index (χ1n) is 8.30. The van der Waals surface area contributed by atoms with E-state index in [2.05, 4.69) is 5.32 Å². The molecule has 1 aliphatic rings. The summed E-state index contributed by atoms with van der Waals surface area (Å²) in [4.78, 5) is 26.4. The smallest absolute Gasteiger partial charge is 0.277 e. The highest BCUT2D eigenvalue weighted by Gasteiger charge is 2.37. The molecule has 8 heteroatoms. The van der Waals surface area contributed by atoms with Crippen LogP contribution in [0.25, 0.3) is 5.57 Å². The van der Waals surface area contributed by atoms with E-state index < -0.39 is 11.8 Å². The van der Waals surface area contributed by atoms with E-state index in [0.29, 0.717) is 33.5 Å². The third kappa shape index (κ3) is 3.36. The molecule has 0 saturated carbocycles. The summed E-state index contributed by atoms with van der Waals surface area (Å²) in [5.74, 6) is 0.621. The molecule has 0 radical (unpaired) electrons. The molecular weight excluding hydrogens is 384 g/mol. The Morgan fingerprint density at radius 2 is 1.50 bits per heavy atom. The Balaban J connectivity index is 2.09. The first-order chi connectivity index (χ1) is 13.4. The predicted octanol–water partition coefficient (Wildman–Crippen LogP) is 3.19. The highest BCUT2D eigenvalue weighted by molar-refractivity contribution is 6.36. The molecule has 2 aromatic rings. The second kappa shape index (κ2) is 7.82. The minimum absolute atomic E-state index is 0.154. The van der Waals surface area contributed by atoms with Crippen molar-refractivity contribution in [2.45, 2.75) is 0 Å². The van der Waals surface area contributed by atoms with E-state index in [9.17, 15) is 9.59 Å². The molecule has 1 N–H and O–H groups in total. The molecule has 0 fully saturated rings. The van der Waals surface area contributed by atoms with E-state index in [0.717, 1.165) is 4.90 Å². The van der Waals surface area contributed by atoms with Crippen LogP contribution in [0.3, 0.4) is 0 Å². The van der Waals surface area contributed by atoms with Crippen molar-refractivity contribution in [2.75, 3.05) is 33.7 Å². The van der Waals surface area contributed by atoms with Crippen LogP contribution in [0.15, 0.2) is 42.1 Å². The maximum atomic E-state index is 12.7. The fourth-order valence-corrected chi connectivity index (χ4v) is 3.16. The zero-order chi connectivity index (χ0) is 20.4. The molecule has 1 aliphatic heterocycles. The van der Waals surface area contributed by atoms with Crippen LogP contribution in [0, 0.1) is 0 Å². The number of methoxy groups -OCH3 is 3. The number of nitrogens with one attached hydrogen (secondary N) is 1. The summed E-state index contributed by atoms with van der Waals surface area (Å²) in [6, 6.07) is 10.0. The number of likely N-dealkylation sites (N-methyl/N-ethyl adjacent to an activating group) is 1. The van der Waals surface area contributed by atoms with Crippen molar-refractivity contribution >= 4 is 34.7 Å². The van der Waals surface area contributed by atoms with Crippen LogP contribution < -0.4 is 19.5 Å². The number of imide groups is 1. The van der Waals surface area contributed by atoms with Crippen molar-refractivity contribution in [3.63, 3.8) is 0 Å². The topological polar surface area (TPSA) is 77.1 Å². The summed E-state index contributed by atoms with van der Waals surface area (Å²) < 4.78 is 15.7. The largest absolute Gasteiger partial charge is 0.495 e. The summed E-state index contributed by atoms with van der Waals surface area (Å²) in [5, 5.41) is 3.39. The Bertz CT molecular complexity index is 987. The Morgan fingerprint density at radius 3 is 2.11 bits per heavy atom. The lowest BCUT2D eigenvalue weighted by Crippen LogP contribution is -2.27. The molecule has 0 aliphatic carbocycles. The van der Waals surface area contributed by atoms with Crippen LogP contribution in [-0.4, -0.2) is 45.1 Å². The Kier molecular flexibility index (Phi) is 5.46. The quantitative estimate of drug-likeness (QED) is 0.748. The molecular formula is C20H19ClN2O5. The van der Waals surface area contributed by atoms with Gasteiger partial charge in [0.25, 0.3) is 11.8 Å². The number of hydrogen-bond acceptors (Lipinski definition) is 6. The van der Waals surface area contributed by atoms with Crippen molar-refractivity contribution in [1.29, 1.82) is 0 Å². The fourth-order valence-electron chi connectivity index (χ4n) is 2.91. The van der Waals surface area contributed by atoms with E-state index in [1.54, 1.807) is 36.4 Å². The van der Waals surface area contributed by atoms with Crippen molar-refractivity contribution in [1.82, 2.24) is 4.90 Å². The molecule has 0 bridgehead atoms. The van der Waals surface area contributed by atoms with Gasteiger partial charge in [0.15, 0.2) is 11.5 Å². The number of nitrogens with zero attached hydrogens (tertiary/aromatic N) is 1. The van der Waals surface area contributed by atoms with Gasteiger partial charge < -0.3 is 19.5 Å². The summed E-state index contributed by atoms with van der Waals surface area (Å²) in [6.45, 7) is 0. The number of hydrogen-bond donors (Lipinski definition) is 1. The van der Waals surface area contributed by atoms with Gasteiger partial charge in [-0.1, -0.05) is 17.7 Å². The average Bonchev–Trinajstić information content (AvgIpc) is 2.91. The van der Waals surface area contributed by atoms with Crippen molar-refractivity contribution < 1.29 is 23.8 Å². The molecule has 28 heavy (non-hydrogen) atoms. The van der Waals surface area contributed by atoms with Crippen LogP contribution >= 0.6 is 11.6 Å². The van der Waals surface area contributed by atoms with Crippen molar-refractivity contribution in [2.24, 2.45) is 0 Å². The molecule has 146 valence electrons. The highest BCUT2D eigenvalue weighted by atomic mass is 35.5. The lowest BCUT2D eigenvalue weighted by molar-refractivity contribution is -0.135. The minimum atomic E-state index is -0.443. The molecule has 0 aromatic heterocycles. The number of rotatable bonds is 6. The maximum absolute atomic E-state index is 12.7. The van der Waals surface area contributed by atoms with E-state index >= 15 is 0 Å². The summed E-state index contributed by atoms with van der Waals surface area (Å²) in [7, 11) is 5.97. The van der Waals surface area contributed by atoms with Crippen LogP contribution in [0.5, 0.6) is 17.2 Å². The molecule has 0 spiro atoms. The number of ether oxygens (including phenoxy) is 3. The van der Waals surface area contributed by atoms with Crippen LogP contribution in [0.2, 0.25) is 5.02 Å². The predicted molar refractivity (Wildman–Crippen MR) is 106 cm³/mol. The summed E-state index contributed by atoms with van der Waals surface area (Å²) in [6.07, 6.45) is 0. The van der Waals surface area contributed by atoms with E-state index in [1.807, 2.05) is 0 Å². The third-order valence-corrected chi connectivity index (χ3v) is 4.68. The van der Waals surface area contributed by atoms with E-state index in [1.165, 1.54) is 28.4 Å². The van der Waals surface area contributed by atoms with E-state index in [4.69, 9.17) is 25.8 Å². The third-order valence-electron chi connectivity index (χ3n) is 4.38. The first kappa shape index (κ1) is 19.6. The van der Waals surface area contributed by atoms with Gasteiger partial charge in [-0.05, 0) is 35.9 Å². The Hall–Kier alpha value is -3.19. The van der Waals surface area contributed by atoms with Gasteiger partial charge >= 0.3 is 0 Å². The second-order valence-corrected chi connectivity index (χ2v) is 6.37. The molecule has 0 atom stereocenters. The highest BCUT2D eigenvalue weighted by Crippen LogP contribution is 2.36. The number of benzene rings is 2. The molecule has 0 unspecified atom stereocenters. The number of carbonyl (C=O) groups excluding carboxylic acids is 2. The number of carbonyl (C=O) groups is 2. The lowest BCUT2D eigenvalue weighted by atomic mass is 10.0. The van der Waals surface area contributed by atoms with Crippen LogP contribution in [0.4, 0.5) is 5.69 Å². The van der Waals surface area contributed by atoms with Crippen molar-refractivity contribution in [3.8, 4) is 17.2 Å². The zero-order valence-electron chi connectivity index (χ0n) is 15.8. The molecule has 3 rings (SSSR count). The van der Waals surface area contributed by atoms with E-state index in [-0.39, 0.29) is 11.3 Å². The number of halogens is 1. The zero-order valence-corrected chi connectivity index (χ0v) is 16.6. The minimum Gasteiger partial charge on any atom is -0.495 e. The van der Waals surface area contributed by atoms with Gasteiger partial charge in [0, 0.05) is 12.7 Å². The van der Waals surface area contributed by atoms with Gasteiger partial charge in [0.05, 0.1) is 31.9 Å². The monoisotopic (exact) mass is 402 g/mol. The molecule has 0 saturated heterocycles. The average molecular weight is 403 g/mol. The molecule has 2 amide bonds. The number of amides is 2. The lowest BCUT2D eigenvalue weighted by Gasteiger charge is -2.12. The number of anilines is 1. The van der Waals surface area contributed by atoms with Gasteiger partial charge in [0.2, 0.25) is 0 Å². The van der Waals surface area contributed by atoms with Gasteiger partial charge in [-0.25, -0.2) is 0 Å². The molecule has 2 aromatic carbocycles. The van der Waals surface area contributed by atoms with Gasteiger partial charge in [-0.15, -0.1) is 0 Å². The standard InChI is InChI=1S/C20H19ClN2O5/c1-23-19(24)17(11-5-7-15(27-3)16(9-11)28-4)18(20(23)25)22-12-6-8-14(26-2)13(21)10-12/h5-10,22H,1-4H3. The van der Waals surface area contributed by atoms with Crippen LogP contribution in [-0.2, 0) is 9.59 Å². The fraction of sp³-hybridized carbons (Fsp3) is 0.200. The van der Waals surface area contributed by atoms with Gasteiger partial charge in [0.1, 0.15) is 11.4 Å². The van der Waals surface area contributed by atoms with Crippen molar-refractivity contribution in [3.05, 3.63) is 52.7 Å². The Morgan fingerprint density at radius 1 is 0.857 bits per heavy atom. The molecule has 7 nitrogen and oxygen atoms in total. The summed E-state index contributed by atoms with van der Waals surface area (Å²) >= 11 is 6.16. The Labute approximate surface area is 167 Å².